The van der Waals surface area contributed by atoms with Crippen LogP contribution in [0.1, 0.15) is 23.0 Å². The zero-order chi connectivity index (χ0) is 14.2. The van der Waals surface area contributed by atoms with Crippen molar-refractivity contribution in [1.82, 2.24) is 9.78 Å². The van der Waals surface area contributed by atoms with Gasteiger partial charge < -0.3 is 5.73 Å². The van der Waals surface area contributed by atoms with Crippen LogP contribution in [0.5, 0.6) is 0 Å². The molecular formula is C13H14Br2FN3. The molecular weight excluding hydrogens is 377 g/mol. The molecule has 1 heterocycles. The van der Waals surface area contributed by atoms with E-state index in [1.807, 2.05) is 20.0 Å². The second-order valence-corrected chi connectivity index (χ2v) is 6.01. The van der Waals surface area contributed by atoms with Crippen LogP contribution < -0.4 is 5.73 Å². The topological polar surface area (TPSA) is 43.8 Å². The summed E-state index contributed by atoms with van der Waals surface area (Å²) in [5, 5.41) is 4.33. The number of benzene rings is 1. The van der Waals surface area contributed by atoms with Gasteiger partial charge in [0.05, 0.1) is 20.3 Å². The Morgan fingerprint density at radius 1 is 1.37 bits per heavy atom. The summed E-state index contributed by atoms with van der Waals surface area (Å²) in [5.41, 5.74) is 8.86. The van der Waals surface area contributed by atoms with E-state index in [-0.39, 0.29) is 11.9 Å². The zero-order valence-electron chi connectivity index (χ0n) is 10.6. The predicted octanol–water partition coefficient (Wildman–Crippen LogP) is 3.64. The van der Waals surface area contributed by atoms with Crippen molar-refractivity contribution in [3.05, 3.63) is 49.9 Å². The van der Waals surface area contributed by atoms with E-state index in [2.05, 4.69) is 37.0 Å². The molecule has 2 N–H and O–H groups in total. The first-order chi connectivity index (χ1) is 8.91. The van der Waals surface area contributed by atoms with E-state index in [1.165, 1.54) is 6.07 Å². The molecule has 0 aliphatic heterocycles. The fraction of sp³-hybridized carbons (Fsp3) is 0.308. The molecule has 3 nitrogen and oxygen atoms in total. The number of aromatic nitrogens is 2. The molecule has 0 radical (unpaired) electrons. The van der Waals surface area contributed by atoms with Crippen molar-refractivity contribution in [2.45, 2.75) is 19.4 Å². The molecule has 2 rings (SSSR count). The molecule has 1 atom stereocenters. The minimum atomic E-state index is -0.298. The standard InChI is InChI=1S/C13H14Br2FN3/c1-7-12(14)11(19(2)18-7)6-10(17)8-4-3-5-9(16)13(8)15/h3-5,10H,6,17H2,1-2H3. The van der Waals surface area contributed by atoms with E-state index >= 15 is 0 Å². The van der Waals surface area contributed by atoms with Gasteiger partial charge >= 0.3 is 0 Å². The van der Waals surface area contributed by atoms with Crippen LogP contribution in [0, 0.1) is 12.7 Å². The lowest BCUT2D eigenvalue weighted by Gasteiger charge is -2.14. The van der Waals surface area contributed by atoms with Crippen LogP contribution in [-0.4, -0.2) is 9.78 Å². The first-order valence-electron chi connectivity index (χ1n) is 5.79. The minimum Gasteiger partial charge on any atom is -0.324 e. The number of nitrogens with two attached hydrogens (primary N) is 1. The van der Waals surface area contributed by atoms with Gasteiger partial charge in [-0.3, -0.25) is 4.68 Å². The summed E-state index contributed by atoms with van der Waals surface area (Å²) in [4.78, 5) is 0. The highest BCUT2D eigenvalue weighted by molar-refractivity contribution is 9.10. The summed E-state index contributed by atoms with van der Waals surface area (Å²) in [6.07, 6.45) is 0.583. The van der Waals surface area contributed by atoms with E-state index < -0.39 is 0 Å². The Balaban J connectivity index is 2.31. The Morgan fingerprint density at radius 2 is 2.05 bits per heavy atom. The number of aryl methyl sites for hydroxylation is 2. The van der Waals surface area contributed by atoms with Crippen molar-refractivity contribution >= 4 is 31.9 Å². The number of hydrogen-bond acceptors (Lipinski definition) is 2. The van der Waals surface area contributed by atoms with Crippen molar-refractivity contribution in [3.63, 3.8) is 0 Å². The predicted molar refractivity (Wildman–Crippen MR) is 80.4 cm³/mol. The van der Waals surface area contributed by atoms with E-state index in [1.54, 1.807) is 10.7 Å². The van der Waals surface area contributed by atoms with Crippen LogP contribution >= 0.6 is 31.9 Å². The lowest BCUT2D eigenvalue weighted by atomic mass is 10.0. The van der Waals surface area contributed by atoms with Gasteiger partial charge in [0.1, 0.15) is 5.82 Å². The van der Waals surface area contributed by atoms with Crippen LogP contribution in [0.4, 0.5) is 4.39 Å². The zero-order valence-corrected chi connectivity index (χ0v) is 13.8. The monoisotopic (exact) mass is 389 g/mol. The quantitative estimate of drug-likeness (QED) is 0.869. The van der Waals surface area contributed by atoms with Crippen molar-refractivity contribution < 1.29 is 4.39 Å². The maximum atomic E-state index is 13.5. The Hall–Kier alpha value is -0.720. The molecule has 102 valence electrons. The molecule has 0 fully saturated rings. The number of nitrogens with zero attached hydrogens (tertiary/aromatic N) is 2. The van der Waals surface area contributed by atoms with Gasteiger partial charge in [-0.2, -0.15) is 5.10 Å². The van der Waals surface area contributed by atoms with Gasteiger partial charge in [0.25, 0.3) is 0 Å². The van der Waals surface area contributed by atoms with Crippen molar-refractivity contribution in [2.24, 2.45) is 12.8 Å². The third kappa shape index (κ3) is 2.90. The second-order valence-electron chi connectivity index (χ2n) is 4.42. The average Bonchev–Trinajstić information content (AvgIpc) is 2.59. The molecule has 0 bridgehead atoms. The highest BCUT2D eigenvalue weighted by atomic mass is 79.9. The fourth-order valence-electron chi connectivity index (χ4n) is 2.03. The van der Waals surface area contributed by atoms with Crippen LogP contribution in [0.3, 0.4) is 0 Å². The third-order valence-corrected chi connectivity index (χ3v) is 4.92. The summed E-state index contributed by atoms with van der Waals surface area (Å²) < 4.78 is 16.7. The summed E-state index contributed by atoms with van der Waals surface area (Å²) in [6, 6.07) is 4.61. The minimum absolute atomic E-state index is 0.295. The smallest absolute Gasteiger partial charge is 0.137 e. The first kappa shape index (κ1) is 14.7. The number of halogens is 3. The van der Waals surface area contributed by atoms with Gasteiger partial charge in [-0.15, -0.1) is 0 Å². The van der Waals surface area contributed by atoms with Gasteiger partial charge in [0.15, 0.2) is 0 Å². The third-order valence-electron chi connectivity index (χ3n) is 3.06. The van der Waals surface area contributed by atoms with Crippen LogP contribution in [0.15, 0.2) is 27.1 Å². The van der Waals surface area contributed by atoms with Gasteiger partial charge in [0, 0.05) is 19.5 Å². The van der Waals surface area contributed by atoms with Gasteiger partial charge in [-0.25, -0.2) is 4.39 Å². The van der Waals surface area contributed by atoms with Crippen LogP contribution in [0.25, 0.3) is 0 Å². The Labute approximate surface area is 128 Å². The molecule has 2 aromatic rings. The molecule has 0 saturated heterocycles. The van der Waals surface area contributed by atoms with E-state index in [0.29, 0.717) is 10.9 Å². The van der Waals surface area contributed by atoms with Crippen molar-refractivity contribution in [1.29, 1.82) is 0 Å². The number of rotatable bonds is 3. The fourth-order valence-corrected chi connectivity index (χ4v) is 3.08. The Bertz CT molecular complexity index is 610. The average molecular weight is 391 g/mol. The maximum absolute atomic E-state index is 13.5. The molecule has 0 aliphatic rings. The highest BCUT2D eigenvalue weighted by Crippen LogP contribution is 2.29. The normalized spacial score (nSPS) is 12.7. The molecule has 0 aliphatic carbocycles. The lowest BCUT2D eigenvalue weighted by molar-refractivity contribution is 0.602. The van der Waals surface area contributed by atoms with Gasteiger partial charge in [0.2, 0.25) is 0 Å². The summed E-state index contributed by atoms with van der Waals surface area (Å²) in [6.45, 7) is 1.93. The van der Waals surface area contributed by atoms with E-state index in [0.717, 1.165) is 21.4 Å². The molecule has 0 saturated carbocycles. The second kappa shape index (κ2) is 5.73. The van der Waals surface area contributed by atoms with E-state index in [9.17, 15) is 4.39 Å². The SMILES string of the molecule is Cc1nn(C)c(CC(N)c2cccc(F)c2Br)c1Br. The molecule has 1 aromatic carbocycles. The number of hydrogen-bond donors (Lipinski definition) is 1. The lowest BCUT2D eigenvalue weighted by Crippen LogP contribution is -2.16. The summed E-state index contributed by atoms with van der Waals surface area (Å²) in [7, 11) is 1.88. The van der Waals surface area contributed by atoms with Crippen LogP contribution in [-0.2, 0) is 13.5 Å². The van der Waals surface area contributed by atoms with E-state index in [4.69, 9.17) is 5.73 Å². The largest absolute Gasteiger partial charge is 0.324 e. The summed E-state index contributed by atoms with van der Waals surface area (Å²) in [5.74, 6) is -0.298. The molecule has 19 heavy (non-hydrogen) atoms. The molecule has 1 aromatic heterocycles. The molecule has 0 amide bonds. The van der Waals surface area contributed by atoms with Crippen LogP contribution in [0.2, 0.25) is 0 Å². The first-order valence-corrected chi connectivity index (χ1v) is 7.38. The summed E-state index contributed by atoms with van der Waals surface area (Å²) >= 11 is 6.76. The molecule has 1 unspecified atom stereocenters. The molecule has 0 spiro atoms. The Kier molecular flexibility index (Phi) is 4.43. The Morgan fingerprint density at radius 3 is 2.63 bits per heavy atom. The van der Waals surface area contributed by atoms with Crippen molar-refractivity contribution in [2.75, 3.05) is 0 Å². The van der Waals surface area contributed by atoms with Crippen molar-refractivity contribution in [3.8, 4) is 0 Å². The maximum Gasteiger partial charge on any atom is 0.137 e. The highest BCUT2D eigenvalue weighted by Gasteiger charge is 2.18. The molecule has 6 heteroatoms. The van der Waals surface area contributed by atoms with Gasteiger partial charge in [-0.1, -0.05) is 12.1 Å². The van der Waals surface area contributed by atoms with Gasteiger partial charge in [-0.05, 0) is 50.4 Å².